The molecule has 0 amide bonds. The molecular formula is C11H23NO3. The Kier molecular flexibility index (Phi) is 6.52. The maximum absolute atomic E-state index is 11.7. The van der Waals surface area contributed by atoms with E-state index in [1.807, 2.05) is 20.8 Å². The highest BCUT2D eigenvalue weighted by Crippen LogP contribution is 2.09. The summed E-state index contributed by atoms with van der Waals surface area (Å²) in [5.74, 6) is -0.257. The monoisotopic (exact) mass is 217 g/mol. The quantitative estimate of drug-likeness (QED) is 0.654. The van der Waals surface area contributed by atoms with Crippen LogP contribution in [0.5, 0.6) is 0 Å². The van der Waals surface area contributed by atoms with Gasteiger partial charge in [-0.25, -0.2) is 4.79 Å². The van der Waals surface area contributed by atoms with E-state index in [4.69, 9.17) is 9.47 Å². The second-order valence-corrected chi connectivity index (χ2v) is 3.99. The van der Waals surface area contributed by atoms with E-state index in [9.17, 15) is 4.79 Å². The zero-order valence-electron chi connectivity index (χ0n) is 10.4. The Morgan fingerprint density at radius 3 is 2.33 bits per heavy atom. The number of hydrogen-bond acceptors (Lipinski definition) is 4. The van der Waals surface area contributed by atoms with Gasteiger partial charge in [0, 0.05) is 12.6 Å². The molecule has 1 unspecified atom stereocenters. The van der Waals surface area contributed by atoms with Gasteiger partial charge in [-0.1, -0.05) is 0 Å². The van der Waals surface area contributed by atoms with Crippen LogP contribution in [0.15, 0.2) is 0 Å². The highest BCUT2D eigenvalue weighted by Gasteiger charge is 2.35. The molecule has 0 bridgehead atoms. The maximum Gasteiger partial charge on any atom is 0.328 e. The van der Waals surface area contributed by atoms with Gasteiger partial charge in [-0.05, 0) is 34.6 Å². The Balaban J connectivity index is 4.45. The van der Waals surface area contributed by atoms with Crippen molar-refractivity contribution < 1.29 is 14.3 Å². The summed E-state index contributed by atoms with van der Waals surface area (Å²) in [6.07, 6.45) is 0. The first-order chi connectivity index (χ1) is 6.96. The molecule has 1 atom stereocenters. The summed E-state index contributed by atoms with van der Waals surface area (Å²) < 4.78 is 10.3. The number of esters is 1. The number of nitrogens with one attached hydrogen (secondary N) is 1. The van der Waals surface area contributed by atoms with E-state index in [-0.39, 0.29) is 12.0 Å². The van der Waals surface area contributed by atoms with E-state index in [0.29, 0.717) is 19.8 Å². The second kappa shape index (κ2) is 6.80. The largest absolute Gasteiger partial charge is 0.465 e. The van der Waals surface area contributed by atoms with Gasteiger partial charge in [-0.15, -0.1) is 0 Å². The SMILES string of the molecule is CCOCC(C)(NC(C)C)C(=O)OCC. The van der Waals surface area contributed by atoms with Crippen LogP contribution in [0.25, 0.3) is 0 Å². The molecule has 15 heavy (non-hydrogen) atoms. The summed E-state index contributed by atoms with van der Waals surface area (Å²) in [7, 11) is 0. The van der Waals surface area contributed by atoms with Crippen LogP contribution in [0.3, 0.4) is 0 Å². The van der Waals surface area contributed by atoms with Crippen molar-refractivity contribution in [3.63, 3.8) is 0 Å². The van der Waals surface area contributed by atoms with Crippen LogP contribution < -0.4 is 5.32 Å². The standard InChI is InChI=1S/C11H23NO3/c1-6-14-8-11(5,12-9(3)4)10(13)15-7-2/h9,12H,6-8H2,1-5H3. The lowest BCUT2D eigenvalue weighted by Crippen LogP contribution is -2.56. The van der Waals surface area contributed by atoms with Gasteiger partial charge in [0.05, 0.1) is 13.2 Å². The normalized spacial score (nSPS) is 15.1. The number of ether oxygens (including phenoxy) is 2. The lowest BCUT2D eigenvalue weighted by Gasteiger charge is -2.30. The fourth-order valence-corrected chi connectivity index (χ4v) is 1.39. The van der Waals surface area contributed by atoms with Gasteiger partial charge in [-0.3, -0.25) is 5.32 Å². The van der Waals surface area contributed by atoms with Gasteiger partial charge in [0.15, 0.2) is 0 Å². The molecule has 0 aromatic heterocycles. The fourth-order valence-electron chi connectivity index (χ4n) is 1.39. The first-order valence-electron chi connectivity index (χ1n) is 5.49. The Morgan fingerprint density at radius 2 is 1.93 bits per heavy atom. The molecule has 0 heterocycles. The van der Waals surface area contributed by atoms with Crippen LogP contribution in [0, 0.1) is 0 Å². The van der Waals surface area contributed by atoms with Crippen molar-refractivity contribution in [1.82, 2.24) is 5.32 Å². The van der Waals surface area contributed by atoms with Crippen LogP contribution in [0.4, 0.5) is 0 Å². The Labute approximate surface area is 92.3 Å². The van der Waals surface area contributed by atoms with Crippen molar-refractivity contribution in [2.24, 2.45) is 0 Å². The van der Waals surface area contributed by atoms with Gasteiger partial charge in [0.1, 0.15) is 5.54 Å². The van der Waals surface area contributed by atoms with Crippen LogP contribution in [-0.2, 0) is 14.3 Å². The molecule has 0 spiro atoms. The summed E-state index contributed by atoms with van der Waals surface area (Å²) in [5.41, 5.74) is -0.750. The van der Waals surface area contributed by atoms with E-state index in [2.05, 4.69) is 5.32 Å². The van der Waals surface area contributed by atoms with Gasteiger partial charge < -0.3 is 9.47 Å². The van der Waals surface area contributed by atoms with Gasteiger partial charge in [-0.2, -0.15) is 0 Å². The van der Waals surface area contributed by atoms with Crippen LogP contribution in [-0.4, -0.2) is 37.4 Å². The van der Waals surface area contributed by atoms with Crippen molar-refractivity contribution in [2.45, 2.75) is 46.2 Å². The molecule has 0 saturated carbocycles. The maximum atomic E-state index is 11.7. The van der Waals surface area contributed by atoms with E-state index >= 15 is 0 Å². The smallest absolute Gasteiger partial charge is 0.328 e. The summed E-state index contributed by atoms with van der Waals surface area (Å²) in [6, 6.07) is 0.208. The van der Waals surface area contributed by atoms with Crippen LogP contribution in [0.1, 0.15) is 34.6 Å². The Bertz CT molecular complexity index is 194. The van der Waals surface area contributed by atoms with E-state index in [1.54, 1.807) is 13.8 Å². The lowest BCUT2D eigenvalue weighted by atomic mass is 10.0. The molecule has 4 nitrogen and oxygen atoms in total. The molecule has 4 heteroatoms. The molecule has 0 aromatic rings. The van der Waals surface area contributed by atoms with Crippen molar-refractivity contribution in [1.29, 1.82) is 0 Å². The molecule has 0 radical (unpaired) electrons. The molecule has 0 fully saturated rings. The minimum atomic E-state index is -0.750. The Morgan fingerprint density at radius 1 is 1.33 bits per heavy atom. The molecule has 0 aliphatic carbocycles. The molecular weight excluding hydrogens is 194 g/mol. The van der Waals surface area contributed by atoms with Crippen LogP contribution >= 0.6 is 0 Å². The molecule has 0 aromatic carbocycles. The van der Waals surface area contributed by atoms with Crippen molar-refractivity contribution in [2.75, 3.05) is 19.8 Å². The minimum Gasteiger partial charge on any atom is -0.465 e. The van der Waals surface area contributed by atoms with Crippen molar-refractivity contribution in [3.05, 3.63) is 0 Å². The van der Waals surface area contributed by atoms with Gasteiger partial charge in [0.2, 0.25) is 0 Å². The number of rotatable bonds is 7. The molecule has 0 aliphatic heterocycles. The summed E-state index contributed by atoms with van der Waals surface area (Å²) in [4.78, 5) is 11.7. The predicted octanol–water partition coefficient (Wildman–Crippen LogP) is 1.34. The van der Waals surface area contributed by atoms with Gasteiger partial charge in [0.25, 0.3) is 0 Å². The first-order valence-corrected chi connectivity index (χ1v) is 5.49. The topological polar surface area (TPSA) is 47.6 Å². The summed E-state index contributed by atoms with van der Waals surface area (Å²) in [6.45, 7) is 10.8. The lowest BCUT2D eigenvalue weighted by molar-refractivity contribution is -0.153. The average Bonchev–Trinajstić information content (AvgIpc) is 2.14. The molecule has 0 saturated heterocycles. The zero-order valence-corrected chi connectivity index (χ0v) is 10.4. The van der Waals surface area contributed by atoms with Crippen molar-refractivity contribution >= 4 is 5.97 Å². The average molecular weight is 217 g/mol. The number of carbonyl (C=O) groups is 1. The minimum absolute atomic E-state index is 0.208. The molecule has 0 aliphatic rings. The highest BCUT2D eigenvalue weighted by molar-refractivity contribution is 5.80. The fraction of sp³-hybridized carbons (Fsp3) is 0.909. The predicted molar refractivity (Wildman–Crippen MR) is 59.8 cm³/mol. The second-order valence-electron chi connectivity index (χ2n) is 3.99. The third kappa shape index (κ3) is 5.14. The summed E-state index contributed by atoms with van der Waals surface area (Å²) >= 11 is 0. The third-order valence-corrected chi connectivity index (χ3v) is 1.93. The van der Waals surface area contributed by atoms with Crippen molar-refractivity contribution in [3.8, 4) is 0 Å². The number of carbonyl (C=O) groups excluding carboxylic acids is 1. The first kappa shape index (κ1) is 14.4. The molecule has 0 rings (SSSR count). The number of hydrogen-bond donors (Lipinski definition) is 1. The van der Waals surface area contributed by atoms with Gasteiger partial charge >= 0.3 is 5.97 Å². The summed E-state index contributed by atoms with van der Waals surface area (Å²) in [5, 5.41) is 3.18. The zero-order chi connectivity index (χ0) is 11.9. The Hall–Kier alpha value is -0.610. The molecule has 90 valence electrons. The third-order valence-electron chi connectivity index (χ3n) is 1.93. The van der Waals surface area contributed by atoms with E-state index in [1.165, 1.54) is 0 Å². The van der Waals surface area contributed by atoms with E-state index < -0.39 is 5.54 Å². The highest BCUT2D eigenvalue weighted by atomic mass is 16.5. The van der Waals surface area contributed by atoms with Crippen LogP contribution in [0.2, 0.25) is 0 Å². The molecule has 1 N–H and O–H groups in total. The van der Waals surface area contributed by atoms with E-state index in [0.717, 1.165) is 0 Å².